The molecule has 3 nitrogen and oxygen atoms in total. The van der Waals surface area contributed by atoms with Gasteiger partial charge in [0.05, 0.1) is 0 Å². The van der Waals surface area contributed by atoms with Crippen molar-refractivity contribution >= 4 is 37.9 Å². The van der Waals surface area contributed by atoms with Crippen LogP contribution >= 0.6 is 31.9 Å². The molecule has 4 rings (SSSR count). The van der Waals surface area contributed by atoms with Crippen molar-refractivity contribution in [3.05, 3.63) is 97.0 Å². The first kappa shape index (κ1) is 19.0. The predicted molar refractivity (Wildman–Crippen MR) is 118 cm³/mol. The van der Waals surface area contributed by atoms with E-state index in [1.807, 2.05) is 36.4 Å². The number of hydrogen-bond acceptors (Lipinski definition) is 3. The van der Waals surface area contributed by atoms with Crippen LogP contribution in [-0.4, -0.2) is 0 Å². The number of ether oxygens (including phenoxy) is 1. The molecular formula is C23H18Br2N2O. The van der Waals surface area contributed by atoms with Crippen molar-refractivity contribution in [1.29, 1.82) is 5.26 Å². The quantitative estimate of drug-likeness (QED) is 0.512. The third kappa shape index (κ3) is 3.67. The molecule has 1 atom stereocenters. The van der Waals surface area contributed by atoms with Crippen molar-refractivity contribution < 1.29 is 4.74 Å². The highest BCUT2D eigenvalue weighted by Gasteiger charge is 2.35. The van der Waals surface area contributed by atoms with Crippen molar-refractivity contribution in [1.82, 2.24) is 0 Å². The number of allylic oxidation sites excluding steroid dienone is 3. The fourth-order valence-electron chi connectivity index (χ4n) is 3.83. The number of rotatable bonds is 2. The summed E-state index contributed by atoms with van der Waals surface area (Å²) in [6, 6.07) is 18.6. The first-order valence-corrected chi connectivity index (χ1v) is 10.7. The summed E-state index contributed by atoms with van der Waals surface area (Å²) in [5.74, 6) is 0.881. The largest absolute Gasteiger partial charge is 0.440 e. The summed E-state index contributed by atoms with van der Waals surface area (Å²) in [6.07, 6.45) is 5.00. The maximum atomic E-state index is 9.75. The molecular weight excluding hydrogens is 480 g/mol. The molecule has 1 aliphatic heterocycles. The maximum absolute atomic E-state index is 9.75. The Bertz CT molecular complexity index is 1040. The van der Waals surface area contributed by atoms with Crippen molar-refractivity contribution in [3.8, 4) is 6.07 Å². The Morgan fingerprint density at radius 3 is 2.29 bits per heavy atom. The second-order valence-corrected chi connectivity index (χ2v) is 8.74. The van der Waals surface area contributed by atoms with E-state index in [1.165, 1.54) is 0 Å². The van der Waals surface area contributed by atoms with E-state index in [4.69, 9.17) is 10.5 Å². The number of nitrogens with two attached hydrogens (primary N) is 1. The molecule has 2 aromatic rings. The summed E-state index contributed by atoms with van der Waals surface area (Å²) in [5, 5.41) is 9.75. The first-order valence-electron chi connectivity index (χ1n) is 9.09. The minimum Gasteiger partial charge on any atom is -0.440 e. The Hall–Kier alpha value is -2.29. The molecule has 1 aliphatic carbocycles. The number of halogens is 2. The highest BCUT2D eigenvalue weighted by molar-refractivity contribution is 9.10. The molecule has 0 unspecified atom stereocenters. The molecule has 0 bridgehead atoms. The van der Waals surface area contributed by atoms with E-state index >= 15 is 0 Å². The number of nitrogens with zero attached hydrogens (tertiary/aromatic N) is 1. The highest BCUT2D eigenvalue weighted by Crippen LogP contribution is 2.46. The van der Waals surface area contributed by atoms with Crippen molar-refractivity contribution in [3.63, 3.8) is 0 Å². The van der Waals surface area contributed by atoms with Gasteiger partial charge in [-0.15, -0.1) is 0 Å². The first-order chi connectivity index (χ1) is 13.6. The molecule has 0 saturated heterocycles. The minimum absolute atomic E-state index is 0.157. The Labute approximate surface area is 181 Å². The molecule has 2 aliphatic rings. The second-order valence-electron chi connectivity index (χ2n) is 6.91. The summed E-state index contributed by atoms with van der Waals surface area (Å²) in [4.78, 5) is 0. The Morgan fingerprint density at radius 2 is 1.64 bits per heavy atom. The van der Waals surface area contributed by atoms with E-state index in [-0.39, 0.29) is 11.8 Å². The fourth-order valence-corrected chi connectivity index (χ4v) is 4.36. The van der Waals surface area contributed by atoms with E-state index < -0.39 is 0 Å². The molecule has 0 spiro atoms. The van der Waals surface area contributed by atoms with Gasteiger partial charge in [0, 0.05) is 14.9 Å². The van der Waals surface area contributed by atoms with Crippen LogP contribution in [0.5, 0.6) is 0 Å². The molecule has 140 valence electrons. The molecule has 28 heavy (non-hydrogen) atoms. The molecule has 0 saturated carbocycles. The molecule has 0 amide bonds. The monoisotopic (exact) mass is 496 g/mol. The van der Waals surface area contributed by atoms with Crippen LogP contribution in [-0.2, 0) is 4.74 Å². The zero-order valence-electron chi connectivity index (χ0n) is 15.1. The summed E-state index contributed by atoms with van der Waals surface area (Å²) >= 11 is 6.96. The van der Waals surface area contributed by atoms with E-state index in [0.717, 1.165) is 56.2 Å². The van der Waals surface area contributed by atoms with Crippen LogP contribution in [0.3, 0.4) is 0 Å². The molecule has 0 aromatic heterocycles. The molecule has 5 heteroatoms. The standard InChI is InChI=1S/C23H18Br2N2O/c24-17-8-4-14(5-9-17)12-16-2-1-3-19-21(15-6-10-18(25)11-7-15)20(13-26)23(27)28-22(16)19/h4-12,21H,1-3,27H2/b16-12+/t21-/m1/s1. The average Bonchev–Trinajstić information content (AvgIpc) is 2.70. The Kier molecular flexibility index (Phi) is 5.43. The molecule has 0 radical (unpaired) electrons. The van der Waals surface area contributed by atoms with E-state index in [9.17, 15) is 5.26 Å². The summed E-state index contributed by atoms with van der Waals surface area (Å²) in [7, 11) is 0. The lowest BCUT2D eigenvalue weighted by molar-refractivity contribution is 0.277. The SMILES string of the molecule is N#CC1=C(N)OC2=C(CCC/C2=C\c2ccc(Br)cc2)[C@H]1c1ccc(Br)cc1. The third-order valence-corrected chi connectivity index (χ3v) is 6.18. The van der Waals surface area contributed by atoms with Crippen molar-refractivity contribution in [2.45, 2.75) is 25.2 Å². The third-order valence-electron chi connectivity index (χ3n) is 5.12. The minimum atomic E-state index is -0.157. The summed E-state index contributed by atoms with van der Waals surface area (Å²) in [6.45, 7) is 0. The highest BCUT2D eigenvalue weighted by atomic mass is 79.9. The fraction of sp³-hybridized carbons (Fsp3) is 0.174. The zero-order chi connectivity index (χ0) is 19.7. The number of nitriles is 1. The van der Waals surface area contributed by atoms with Crippen LogP contribution in [0.15, 0.2) is 85.8 Å². The van der Waals surface area contributed by atoms with Crippen LogP contribution in [0.1, 0.15) is 36.3 Å². The van der Waals surface area contributed by atoms with Crippen LogP contribution < -0.4 is 5.73 Å². The van der Waals surface area contributed by atoms with Crippen LogP contribution in [0.4, 0.5) is 0 Å². The molecule has 1 heterocycles. The van der Waals surface area contributed by atoms with Gasteiger partial charge in [-0.3, -0.25) is 0 Å². The summed E-state index contributed by atoms with van der Waals surface area (Å²) < 4.78 is 8.06. The summed E-state index contributed by atoms with van der Waals surface area (Å²) in [5.41, 5.74) is 11.1. The Morgan fingerprint density at radius 1 is 1.00 bits per heavy atom. The lowest BCUT2D eigenvalue weighted by Gasteiger charge is -2.33. The Balaban J connectivity index is 1.82. The maximum Gasteiger partial charge on any atom is 0.205 e. The van der Waals surface area contributed by atoms with Gasteiger partial charge in [0.1, 0.15) is 17.4 Å². The zero-order valence-corrected chi connectivity index (χ0v) is 18.3. The van der Waals surface area contributed by atoms with Crippen LogP contribution in [0.2, 0.25) is 0 Å². The van der Waals surface area contributed by atoms with Gasteiger partial charge in [-0.1, -0.05) is 56.1 Å². The smallest absolute Gasteiger partial charge is 0.205 e. The van der Waals surface area contributed by atoms with E-state index in [0.29, 0.717) is 5.57 Å². The lowest BCUT2D eigenvalue weighted by atomic mass is 9.77. The number of benzene rings is 2. The number of hydrogen-bond donors (Lipinski definition) is 1. The van der Waals surface area contributed by atoms with Gasteiger partial charge < -0.3 is 10.5 Å². The van der Waals surface area contributed by atoms with E-state index in [2.05, 4.69) is 56.1 Å². The van der Waals surface area contributed by atoms with Gasteiger partial charge in [-0.2, -0.15) is 5.26 Å². The van der Waals surface area contributed by atoms with Gasteiger partial charge in [0.2, 0.25) is 5.88 Å². The van der Waals surface area contributed by atoms with Gasteiger partial charge in [-0.05, 0) is 71.9 Å². The van der Waals surface area contributed by atoms with Gasteiger partial charge in [0.15, 0.2) is 0 Å². The average molecular weight is 498 g/mol. The normalized spacial score (nSPS) is 20.6. The van der Waals surface area contributed by atoms with Gasteiger partial charge in [-0.25, -0.2) is 0 Å². The van der Waals surface area contributed by atoms with Gasteiger partial charge in [0.25, 0.3) is 0 Å². The topological polar surface area (TPSA) is 59.0 Å². The van der Waals surface area contributed by atoms with Gasteiger partial charge >= 0.3 is 0 Å². The second kappa shape index (κ2) is 7.98. The lowest BCUT2D eigenvalue weighted by Crippen LogP contribution is -2.23. The molecule has 0 fully saturated rings. The van der Waals surface area contributed by atoms with E-state index in [1.54, 1.807) is 0 Å². The molecule has 2 aromatic carbocycles. The molecule has 2 N–H and O–H groups in total. The predicted octanol–water partition coefficient (Wildman–Crippen LogP) is 6.54. The van der Waals surface area contributed by atoms with Crippen molar-refractivity contribution in [2.24, 2.45) is 5.73 Å². The van der Waals surface area contributed by atoms with Crippen LogP contribution in [0, 0.1) is 11.3 Å². The van der Waals surface area contributed by atoms with Crippen LogP contribution in [0.25, 0.3) is 6.08 Å². The van der Waals surface area contributed by atoms with Crippen molar-refractivity contribution in [2.75, 3.05) is 0 Å².